The quantitative estimate of drug-likeness (QED) is 0.161. The zero-order valence-electron chi connectivity index (χ0n) is 28.2. The molecule has 2 aromatic carbocycles. The maximum atomic E-state index is 14.4. The van der Waals surface area contributed by atoms with Crippen molar-refractivity contribution in [1.29, 1.82) is 0 Å². The normalized spacial score (nSPS) is 18.0. The Kier molecular flexibility index (Phi) is 11.2. The minimum atomic E-state index is -0.932. The van der Waals surface area contributed by atoms with Crippen LogP contribution in [0, 0.1) is 5.92 Å². The van der Waals surface area contributed by atoms with Gasteiger partial charge in [0.05, 0.1) is 31.9 Å². The molecule has 50 heavy (non-hydrogen) atoms. The number of fused-ring (bicyclic) bond motifs is 1. The van der Waals surface area contributed by atoms with Crippen LogP contribution in [0.5, 0.6) is 0 Å². The number of H-pyrrole nitrogens is 1. The van der Waals surface area contributed by atoms with Gasteiger partial charge >= 0.3 is 0 Å². The lowest BCUT2D eigenvalue weighted by atomic mass is 9.95. The fourth-order valence-corrected chi connectivity index (χ4v) is 7.90. The van der Waals surface area contributed by atoms with Crippen molar-refractivity contribution in [2.45, 2.75) is 70.6 Å². The van der Waals surface area contributed by atoms with Crippen LogP contribution >= 0.6 is 11.3 Å². The fourth-order valence-electron chi connectivity index (χ4n) is 6.94. The molecular weight excluding hydrogens is 662 g/mol. The smallest absolute Gasteiger partial charge is 0.250 e. The van der Waals surface area contributed by atoms with Gasteiger partial charge in [-0.2, -0.15) is 0 Å². The molecule has 4 heterocycles. The maximum Gasteiger partial charge on any atom is 0.250 e. The second-order valence-electron chi connectivity index (χ2n) is 12.8. The van der Waals surface area contributed by atoms with E-state index in [1.165, 1.54) is 9.80 Å². The summed E-state index contributed by atoms with van der Waals surface area (Å²) in [6.45, 7) is 3.36. The molecule has 3 N–H and O–H groups in total. The molecule has 0 aliphatic carbocycles. The van der Waals surface area contributed by atoms with Crippen LogP contribution in [0.1, 0.15) is 49.1 Å². The molecule has 2 aromatic heterocycles. The van der Waals surface area contributed by atoms with Crippen LogP contribution in [0.3, 0.4) is 0 Å². The number of ether oxygens (including phenoxy) is 1. The van der Waals surface area contributed by atoms with E-state index in [0.29, 0.717) is 31.4 Å². The van der Waals surface area contributed by atoms with E-state index in [4.69, 9.17) is 4.74 Å². The van der Waals surface area contributed by atoms with E-state index in [1.54, 1.807) is 17.5 Å². The van der Waals surface area contributed by atoms with Gasteiger partial charge in [-0.15, -0.1) is 16.4 Å². The van der Waals surface area contributed by atoms with Crippen molar-refractivity contribution in [3.63, 3.8) is 0 Å². The van der Waals surface area contributed by atoms with Crippen molar-refractivity contribution < 1.29 is 28.3 Å². The number of rotatable bonds is 15. The summed E-state index contributed by atoms with van der Waals surface area (Å²) in [7, 11) is 0. The van der Waals surface area contributed by atoms with E-state index in [9.17, 15) is 23.6 Å². The van der Waals surface area contributed by atoms with E-state index in [2.05, 4.69) is 26.0 Å². The van der Waals surface area contributed by atoms with Gasteiger partial charge in [0, 0.05) is 23.9 Å². The molecule has 4 aromatic rings. The third kappa shape index (κ3) is 7.41. The van der Waals surface area contributed by atoms with Crippen LogP contribution in [0.2, 0.25) is 0 Å². The topological polar surface area (TPSA) is 150 Å². The van der Waals surface area contributed by atoms with Gasteiger partial charge in [0.2, 0.25) is 23.6 Å². The standard InChI is InChI=1S/C36H42FN7O5S/c1-3-22(2)32(43(14-16-49-15-13-37)31(45)18-25-21-50-30-10-5-4-9-27(25)30)35(47)40-28-12-11-23-7-6-8-24-17-29(44(33(23)24)36(28)48)34(46)38-19-26-20-39-42-41-26/h4-10,20-22,28-29,32H,3,11-19H2,1-2H3,(H,38,46)(H,40,47)(H,39,41,42)/t22-,28-,29-,32-/m0/s1. The van der Waals surface area contributed by atoms with Crippen molar-refractivity contribution >= 4 is 50.7 Å². The number of nitrogens with one attached hydrogen (secondary N) is 3. The second kappa shape index (κ2) is 15.9. The molecule has 0 saturated carbocycles. The highest BCUT2D eigenvalue weighted by molar-refractivity contribution is 7.17. The summed E-state index contributed by atoms with van der Waals surface area (Å²) < 4.78 is 19.4. The lowest BCUT2D eigenvalue weighted by molar-refractivity contribution is -0.144. The zero-order chi connectivity index (χ0) is 35.2. The molecule has 0 fully saturated rings. The molecular formula is C36H42FN7O5S. The SMILES string of the molecule is CC[C@H](C)[C@@H](C(=O)N[C@H]1CCc2cccc3c2N(C1=O)[C@H](C(=O)NCc1c[nH]nn1)C3)N(CCOCCF)C(=O)Cc1csc2ccccc12. The number of hydrogen-bond acceptors (Lipinski definition) is 8. The van der Waals surface area contributed by atoms with Crippen LogP contribution in [0.25, 0.3) is 10.1 Å². The predicted molar refractivity (Wildman–Crippen MR) is 187 cm³/mol. The molecule has 12 nitrogen and oxygen atoms in total. The number of benzene rings is 2. The third-order valence-electron chi connectivity index (χ3n) is 9.65. The van der Waals surface area contributed by atoms with E-state index in [0.717, 1.165) is 32.5 Å². The molecule has 4 amide bonds. The summed E-state index contributed by atoms with van der Waals surface area (Å²) in [4.78, 5) is 59.4. The number of halogens is 1. The Morgan fingerprint density at radius 1 is 1.16 bits per heavy atom. The number of aromatic amines is 1. The van der Waals surface area contributed by atoms with Crippen LogP contribution < -0.4 is 15.5 Å². The van der Waals surface area contributed by atoms with Crippen molar-refractivity contribution in [3.05, 3.63) is 76.4 Å². The second-order valence-corrected chi connectivity index (χ2v) is 13.7. The highest BCUT2D eigenvalue weighted by Gasteiger charge is 2.45. The van der Waals surface area contributed by atoms with Gasteiger partial charge in [0.15, 0.2) is 0 Å². The van der Waals surface area contributed by atoms with E-state index in [-0.39, 0.29) is 56.4 Å². The Morgan fingerprint density at radius 3 is 2.76 bits per heavy atom. The molecule has 0 unspecified atom stereocenters. The summed E-state index contributed by atoms with van der Waals surface area (Å²) in [6.07, 6.45) is 3.43. The molecule has 2 aliphatic rings. The van der Waals surface area contributed by atoms with Gasteiger partial charge in [0.1, 0.15) is 30.5 Å². The lowest BCUT2D eigenvalue weighted by Crippen LogP contribution is -2.59. The Labute approximate surface area is 293 Å². The van der Waals surface area contributed by atoms with Gasteiger partial charge in [0.25, 0.3) is 0 Å². The predicted octanol–water partition coefficient (Wildman–Crippen LogP) is 3.50. The first-order valence-corrected chi connectivity index (χ1v) is 17.9. The Bertz CT molecular complexity index is 1830. The van der Waals surface area contributed by atoms with E-state index in [1.807, 2.05) is 61.7 Å². The number of carbonyl (C=O) groups excluding carboxylic acids is 4. The van der Waals surface area contributed by atoms with Gasteiger partial charge in [-0.3, -0.25) is 29.2 Å². The Hall–Kier alpha value is -4.69. The summed E-state index contributed by atoms with van der Waals surface area (Å²) in [5.41, 5.74) is 3.97. The fraction of sp³-hybridized carbons (Fsp3) is 0.444. The van der Waals surface area contributed by atoms with Gasteiger partial charge in [-0.25, -0.2) is 4.39 Å². The molecule has 4 atom stereocenters. The van der Waals surface area contributed by atoms with Crippen LogP contribution in [0.4, 0.5) is 10.1 Å². The molecule has 0 radical (unpaired) electrons. The Morgan fingerprint density at radius 2 is 1.98 bits per heavy atom. The number of alkyl halides is 1. The summed E-state index contributed by atoms with van der Waals surface area (Å²) in [5, 5.41) is 19.0. The molecule has 2 aliphatic heterocycles. The summed E-state index contributed by atoms with van der Waals surface area (Å²) >= 11 is 1.55. The number of para-hydroxylation sites is 1. The average Bonchev–Trinajstić information content (AvgIpc) is 3.87. The molecule has 0 spiro atoms. The number of aromatic nitrogens is 3. The van der Waals surface area contributed by atoms with Crippen molar-refractivity contribution in [2.75, 3.05) is 31.3 Å². The van der Waals surface area contributed by atoms with E-state index < -0.39 is 30.7 Å². The first-order valence-electron chi connectivity index (χ1n) is 17.1. The summed E-state index contributed by atoms with van der Waals surface area (Å²) in [5.74, 6) is -1.69. The largest absolute Gasteiger partial charge is 0.377 e. The average molecular weight is 704 g/mol. The molecule has 6 rings (SSSR count). The van der Waals surface area contributed by atoms with Crippen LogP contribution in [-0.2, 0) is 49.7 Å². The van der Waals surface area contributed by atoms with Crippen molar-refractivity contribution in [2.24, 2.45) is 5.92 Å². The number of nitrogens with zero attached hydrogens (tertiary/aromatic N) is 4. The number of amides is 4. The van der Waals surface area contributed by atoms with Gasteiger partial charge < -0.3 is 20.3 Å². The minimum absolute atomic E-state index is 0.0552. The number of anilines is 1. The third-order valence-corrected chi connectivity index (χ3v) is 10.7. The molecule has 0 bridgehead atoms. The monoisotopic (exact) mass is 703 g/mol. The van der Waals surface area contributed by atoms with Crippen LogP contribution in [0.15, 0.2) is 54.0 Å². The highest BCUT2D eigenvalue weighted by Crippen LogP contribution is 2.39. The first kappa shape index (κ1) is 35.1. The highest BCUT2D eigenvalue weighted by atomic mass is 32.1. The number of hydrogen-bond donors (Lipinski definition) is 3. The number of thiophene rings is 1. The van der Waals surface area contributed by atoms with Crippen molar-refractivity contribution in [1.82, 2.24) is 30.9 Å². The lowest BCUT2D eigenvalue weighted by Gasteiger charge is -2.36. The molecule has 264 valence electrons. The minimum Gasteiger partial charge on any atom is -0.377 e. The Balaban J connectivity index is 1.24. The number of carbonyl (C=O) groups is 4. The number of aryl methyl sites for hydroxylation is 1. The van der Waals surface area contributed by atoms with Gasteiger partial charge in [-0.05, 0) is 52.3 Å². The summed E-state index contributed by atoms with van der Waals surface area (Å²) in [6, 6.07) is 11.0. The molecule has 14 heteroatoms. The maximum absolute atomic E-state index is 14.4. The molecule has 0 saturated heterocycles. The van der Waals surface area contributed by atoms with E-state index >= 15 is 0 Å². The van der Waals surface area contributed by atoms with Gasteiger partial charge in [-0.1, -0.05) is 61.9 Å². The van der Waals surface area contributed by atoms with Crippen molar-refractivity contribution in [3.8, 4) is 0 Å². The zero-order valence-corrected chi connectivity index (χ0v) is 29.0. The first-order chi connectivity index (χ1) is 24.3. The van der Waals surface area contributed by atoms with Crippen LogP contribution in [-0.4, -0.2) is 88.5 Å².